The van der Waals surface area contributed by atoms with E-state index in [1.165, 1.54) is 0 Å². The number of rotatable bonds is 9. The molecule has 0 fully saturated rings. The Morgan fingerprint density at radius 3 is 2.75 bits per heavy atom. The minimum absolute atomic E-state index is 0. The number of thioether (sulfide) groups is 1. The fraction of sp³-hybridized carbons (Fsp3) is 0.667. The summed E-state index contributed by atoms with van der Waals surface area (Å²) in [6.45, 7) is 2.57. The number of aromatic nitrogens is 1. The van der Waals surface area contributed by atoms with Crippen molar-refractivity contribution in [3.05, 3.63) is 11.6 Å². The molecule has 0 saturated carbocycles. The first kappa shape index (κ1) is 19.9. The summed E-state index contributed by atoms with van der Waals surface area (Å²) in [6, 6.07) is 0. The van der Waals surface area contributed by atoms with Crippen LogP contribution < -0.4 is 10.6 Å². The summed E-state index contributed by atoms with van der Waals surface area (Å²) in [4.78, 5) is 8.41. The first-order valence-corrected chi connectivity index (χ1v) is 8.19. The summed E-state index contributed by atoms with van der Waals surface area (Å²) in [5.41, 5.74) is 0. The number of halogens is 1. The third kappa shape index (κ3) is 9.78. The van der Waals surface area contributed by atoms with Gasteiger partial charge in [-0.25, -0.2) is 4.98 Å². The second kappa shape index (κ2) is 13.9. The lowest BCUT2D eigenvalue weighted by Crippen LogP contribution is -2.38. The maximum absolute atomic E-state index is 5.00. The minimum atomic E-state index is 0. The van der Waals surface area contributed by atoms with Crippen LogP contribution in [-0.4, -0.2) is 50.6 Å². The Bertz CT molecular complexity index is 349. The van der Waals surface area contributed by atoms with E-state index >= 15 is 0 Å². The van der Waals surface area contributed by atoms with Crippen molar-refractivity contribution >= 4 is 53.0 Å². The van der Waals surface area contributed by atoms with Crippen molar-refractivity contribution in [2.45, 2.75) is 17.2 Å². The molecule has 2 N–H and O–H groups in total. The fourth-order valence-electron chi connectivity index (χ4n) is 1.36. The number of methoxy groups -OCH3 is 1. The monoisotopic (exact) mass is 430 g/mol. The highest BCUT2D eigenvalue weighted by atomic mass is 127. The molecular weight excluding hydrogens is 407 g/mol. The van der Waals surface area contributed by atoms with Crippen LogP contribution in [-0.2, 0) is 4.74 Å². The first-order chi connectivity index (χ1) is 9.36. The van der Waals surface area contributed by atoms with Gasteiger partial charge in [-0.3, -0.25) is 4.99 Å². The van der Waals surface area contributed by atoms with Gasteiger partial charge >= 0.3 is 0 Å². The van der Waals surface area contributed by atoms with Gasteiger partial charge in [0, 0.05) is 51.2 Å². The molecule has 0 aliphatic rings. The molecule has 8 heteroatoms. The normalized spacial score (nSPS) is 11.0. The molecule has 0 unspecified atom stereocenters. The predicted octanol–water partition coefficient (Wildman–Crippen LogP) is 2.44. The Labute approximate surface area is 146 Å². The second-order valence-corrected chi connectivity index (χ2v) is 6.01. The highest BCUT2D eigenvalue weighted by Crippen LogP contribution is 2.20. The molecule has 0 amide bonds. The van der Waals surface area contributed by atoms with Crippen molar-refractivity contribution in [1.29, 1.82) is 0 Å². The van der Waals surface area contributed by atoms with Crippen molar-refractivity contribution in [3.8, 4) is 0 Å². The van der Waals surface area contributed by atoms with E-state index in [0.29, 0.717) is 0 Å². The zero-order valence-electron chi connectivity index (χ0n) is 11.9. The second-order valence-electron chi connectivity index (χ2n) is 3.77. The molecule has 0 atom stereocenters. The number of hydrogen-bond donors (Lipinski definition) is 2. The molecule has 5 nitrogen and oxygen atoms in total. The summed E-state index contributed by atoms with van der Waals surface area (Å²) in [6.07, 6.45) is 3.91. The van der Waals surface area contributed by atoms with Gasteiger partial charge in [-0.05, 0) is 12.8 Å². The molecule has 0 radical (unpaired) electrons. The molecule has 0 aromatic carbocycles. The largest absolute Gasteiger partial charge is 0.385 e. The van der Waals surface area contributed by atoms with E-state index in [9.17, 15) is 0 Å². The topological polar surface area (TPSA) is 58.5 Å². The van der Waals surface area contributed by atoms with E-state index in [2.05, 4.69) is 20.6 Å². The van der Waals surface area contributed by atoms with Gasteiger partial charge in [0.1, 0.15) is 4.34 Å². The van der Waals surface area contributed by atoms with Gasteiger partial charge < -0.3 is 15.4 Å². The maximum atomic E-state index is 5.00. The number of ether oxygens (including phenoxy) is 1. The molecule has 0 bridgehead atoms. The molecule has 0 aliphatic carbocycles. The molecule has 1 rings (SSSR count). The molecule has 20 heavy (non-hydrogen) atoms. The van der Waals surface area contributed by atoms with Gasteiger partial charge in [0.2, 0.25) is 0 Å². The lowest BCUT2D eigenvalue weighted by molar-refractivity contribution is 0.195. The SMILES string of the molecule is CN=C(NCCCOC)NCCCSc1nccs1.I. The average molecular weight is 430 g/mol. The Morgan fingerprint density at radius 2 is 2.15 bits per heavy atom. The van der Waals surface area contributed by atoms with Gasteiger partial charge in [-0.15, -0.1) is 35.3 Å². The van der Waals surface area contributed by atoms with Crippen molar-refractivity contribution in [2.24, 2.45) is 4.99 Å². The molecule has 1 heterocycles. The van der Waals surface area contributed by atoms with Gasteiger partial charge in [0.15, 0.2) is 5.96 Å². The number of hydrogen-bond acceptors (Lipinski definition) is 5. The van der Waals surface area contributed by atoms with Crippen LogP contribution in [0.15, 0.2) is 20.9 Å². The van der Waals surface area contributed by atoms with Crippen LogP contribution in [0.5, 0.6) is 0 Å². The third-order valence-electron chi connectivity index (χ3n) is 2.29. The number of nitrogens with one attached hydrogen (secondary N) is 2. The maximum Gasteiger partial charge on any atom is 0.190 e. The van der Waals surface area contributed by atoms with Crippen LogP contribution >= 0.6 is 47.1 Å². The first-order valence-electron chi connectivity index (χ1n) is 6.32. The highest BCUT2D eigenvalue weighted by Gasteiger charge is 1.98. The summed E-state index contributed by atoms with van der Waals surface area (Å²) in [5.74, 6) is 1.93. The Hall–Kier alpha value is -0.0600. The molecule has 0 spiro atoms. The molecule has 1 aromatic heterocycles. The van der Waals surface area contributed by atoms with Crippen molar-refractivity contribution < 1.29 is 4.74 Å². The van der Waals surface area contributed by atoms with E-state index in [0.717, 1.165) is 48.6 Å². The molecule has 0 saturated heterocycles. The number of aliphatic imine (C=N–C) groups is 1. The van der Waals surface area contributed by atoms with E-state index in [-0.39, 0.29) is 24.0 Å². The summed E-state index contributed by atoms with van der Waals surface area (Å²) in [5, 5.41) is 8.55. The van der Waals surface area contributed by atoms with Gasteiger partial charge in [0.25, 0.3) is 0 Å². The Kier molecular flexibility index (Phi) is 13.9. The fourth-order valence-corrected chi connectivity index (χ4v) is 3.01. The van der Waals surface area contributed by atoms with E-state index in [1.54, 1.807) is 37.3 Å². The number of nitrogens with zero attached hydrogens (tertiary/aromatic N) is 2. The average Bonchev–Trinajstić information content (AvgIpc) is 2.94. The van der Waals surface area contributed by atoms with Crippen LogP contribution in [0, 0.1) is 0 Å². The minimum Gasteiger partial charge on any atom is -0.385 e. The Balaban J connectivity index is 0.00000361. The van der Waals surface area contributed by atoms with Gasteiger partial charge in [0.05, 0.1) is 0 Å². The smallest absolute Gasteiger partial charge is 0.190 e. The standard InChI is InChI=1S/C12H22N4OS2.HI/c1-13-11(14-5-3-8-17-2)15-6-4-9-18-12-16-7-10-19-12;/h7,10H,3-6,8-9H2,1-2H3,(H2,13,14,15);1H. The van der Waals surface area contributed by atoms with E-state index < -0.39 is 0 Å². The molecule has 0 aliphatic heterocycles. The summed E-state index contributed by atoms with van der Waals surface area (Å²) < 4.78 is 6.14. The van der Waals surface area contributed by atoms with Gasteiger partial charge in [-0.2, -0.15) is 0 Å². The lowest BCUT2D eigenvalue weighted by atomic mass is 10.4. The van der Waals surface area contributed by atoms with Crippen LogP contribution in [0.4, 0.5) is 0 Å². The van der Waals surface area contributed by atoms with Gasteiger partial charge in [-0.1, -0.05) is 11.8 Å². The quantitative estimate of drug-likeness (QED) is 0.207. The van der Waals surface area contributed by atoms with Crippen molar-refractivity contribution in [1.82, 2.24) is 15.6 Å². The van der Waals surface area contributed by atoms with Crippen LogP contribution in [0.1, 0.15) is 12.8 Å². The molecule has 1 aromatic rings. The van der Waals surface area contributed by atoms with Crippen molar-refractivity contribution in [2.75, 3.05) is 39.6 Å². The molecule has 116 valence electrons. The zero-order valence-corrected chi connectivity index (χ0v) is 15.9. The van der Waals surface area contributed by atoms with E-state index in [1.807, 2.05) is 11.6 Å². The van der Waals surface area contributed by atoms with Crippen molar-refractivity contribution in [3.63, 3.8) is 0 Å². The van der Waals surface area contributed by atoms with Crippen LogP contribution in [0.25, 0.3) is 0 Å². The Morgan fingerprint density at radius 1 is 1.40 bits per heavy atom. The summed E-state index contributed by atoms with van der Waals surface area (Å²) in [7, 11) is 3.50. The highest BCUT2D eigenvalue weighted by molar-refractivity contribution is 14.0. The van der Waals surface area contributed by atoms with Crippen LogP contribution in [0.3, 0.4) is 0 Å². The zero-order chi connectivity index (χ0) is 13.8. The van der Waals surface area contributed by atoms with E-state index in [4.69, 9.17) is 4.74 Å². The third-order valence-corrected chi connectivity index (χ3v) is 4.34. The number of guanidine groups is 1. The molecular formula is C12H23IN4OS2. The van der Waals surface area contributed by atoms with Crippen LogP contribution in [0.2, 0.25) is 0 Å². The number of thiazole rings is 1. The lowest BCUT2D eigenvalue weighted by Gasteiger charge is -2.11. The predicted molar refractivity (Wildman–Crippen MR) is 98.7 cm³/mol. The summed E-state index contributed by atoms with van der Waals surface area (Å²) >= 11 is 3.49.